The van der Waals surface area contributed by atoms with Gasteiger partial charge in [0.05, 0.1) is 19.3 Å². The van der Waals surface area contributed by atoms with E-state index in [0.717, 1.165) is 44.9 Å². The van der Waals surface area contributed by atoms with Crippen LogP contribution in [0.25, 0.3) is 0 Å². The van der Waals surface area contributed by atoms with Crippen LogP contribution in [-0.4, -0.2) is 88.6 Å². The number of hydrogen-bond acceptors (Lipinski definition) is 12. The summed E-state index contributed by atoms with van der Waals surface area (Å²) in [6.45, 7) is 2.90. The standard InChI is InChI=1S/C48H77N2O11PS/c1-3-5-7-9-11-13-15-17-18-19-20-21-23-25-27-29-31-36-47(54)58-39-42(40-60-62(56,57)59-38-37-49)61-48(55)43(50)41-63-45(44(51)33-32-35-46(52)53)34-30-28-26-24-22-16-14-12-10-8-6-4-2/h5,7,11-14,17-18,20-22,24-28,30,34,42-45,51H,3-4,6,8-10,15-16,19,23,29,31-33,35-41,49-50H2,1-2H3,(H,52,53)(H,56,57)/b7-5-,13-11-,14-12-,18-17-,21-20-,24-22-,27-25-,28-26+,34-30+/t42-,43+,44+,45-/m1/s1. The average molecular weight is 921 g/mol. The molecule has 63 heavy (non-hydrogen) atoms. The molecule has 0 aromatic carbocycles. The first kappa shape index (κ1) is 59.4. The van der Waals surface area contributed by atoms with E-state index in [0.29, 0.717) is 12.8 Å². The van der Waals surface area contributed by atoms with Crippen molar-refractivity contribution in [1.29, 1.82) is 0 Å². The van der Waals surface area contributed by atoms with Crippen LogP contribution < -0.4 is 11.5 Å². The van der Waals surface area contributed by atoms with Crippen LogP contribution in [0.2, 0.25) is 0 Å². The minimum atomic E-state index is -4.56. The van der Waals surface area contributed by atoms with Gasteiger partial charge in [0, 0.05) is 30.4 Å². The molecule has 0 aromatic heterocycles. The van der Waals surface area contributed by atoms with Crippen molar-refractivity contribution < 1.29 is 52.6 Å². The van der Waals surface area contributed by atoms with E-state index >= 15 is 0 Å². The summed E-state index contributed by atoms with van der Waals surface area (Å²) in [4.78, 5) is 46.7. The number of thioether (sulfide) groups is 1. The summed E-state index contributed by atoms with van der Waals surface area (Å²) in [7, 11) is -4.56. The Balaban J connectivity index is 5.18. The van der Waals surface area contributed by atoms with Crippen molar-refractivity contribution in [3.63, 3.8) is 0 Å². The summed E-state index contributed by atoms with van der Waals surface area (Å²) in [6.07, 6.45) is 46.1. The van der Waals surface area contributed by atoms with Gasteiger partial charge in [0.15, 0.2) is 6.10 Å². The third kappa shape index (κ3) is 39.7. The molecular formula is C48H77N2O11PS. The van der Waals surface area contributed by atoms with Crippen molar-refractivity contribution >= 4 is 37.5 Å². The van der Waals surface area contributed by atoms with Gasteiger partial charge in [-0.3, -0.25) is 23.4 Å². The van der Waals surface area contributed by atoms with Crippen LogP contribution in [0.15, 0.2) is 109 Å². The SMILES string of the molecule is CC/C=C\C/C=C\C/C=C\C/C=C\C/C=C\CCCC(=O)OC[C@H](COP(=O)(O)OCCN)OC(=O)[C@@H](N)CS[C@H](/C=C/C=C/C=C\C/C=C\CCCCC)[C@@H](O)CCCC(=O)O. The fraction of sp³-hybridized carbons (Fsp3) is 0.562. The first-order valence-electron chi connectivity index (χ1n) is 22.3. The van der Waals surface area contributed by atoms with E-state index in [-0.39, 0.29) is 44.6 Å². The third-order valence-electron chi connectivity index (χ3n) is 8.64. The Bertz CT molecular complexity index is 1520. The maximum atomic E-state index is 13.1. The summed E-state index contributed by atoms with van der Waals surface area (Å²) >= 11 is 1.18. The molecule has 0 rings (SSSR count). The lowest BCUT2D eigenvalue weighted by molar-refractivity contribution is -0.161. The monoisotopic (exact) mass is 920 g/mol. The average Bonchev–Trinajstić information content (AvgIpc) is 3.25. The second-order valence-electron chi connectivity index (χ2n) is 14.4. The zero-order valence-electron chi connectivity index (χ0n) is 37.7. The number of unbranched alkanes of at least 4 members (excludes halogenated alkanes) is 4. The largest absolute Gasteiger partial charge is 0.481 e. The second-order valence-corrected chi connectivity index (χ2v) is 17.1. The zero-order valence-corrected chi connectivity index (χ0v) is 39.4. The number of nitrogens with two attached hydrogens (primary N) is 2. The van der Waals surface area contributed by atoms with Gasteiger partial charge in [-0.05, 0) is 77.0 Å². The predicted molar refractivity (Wildman–Crippen MR) is 257 cm³/mol. The molecule has 356 valence electrons. The molecule has 0 amide bonds. The molecule has 0 heterocycles. The Hall–Kier alpha value is -3.59. The van der Waals surface area contributed by atoms with Gasteiger partial charge >= 0.3 is 25.7 Å². The summed E-state index contributed by atoms with van der Waals surface area (Å²) in [5, 5.41) is 19.4. The minimum Gasteiger partial charge on any atom is -0.481 e. The highest BCUT2D eigenvalue weighted by Crippen LogP contribution is 2.43. The first-order chi connectivity index (χ1) is 30.4. The maximum Gasteiger partial charge on any atom is 0.472 e. The van der Waals surface area contributed by atoms with E-state index < -0.39 is 62.4 Å². The van der Waals surface area contributed by atoms with Gasteiger partial charge in [0.25, 0.3) is 0 Å². The van der Waals surface area contributed by atoms with Crippen molar-refractivity contribution in [3.8, 4) is 0 Å². The zero-order chi connectivity index (χ0) is 46.7. The van der Waals surface area contributed by atoms with E-state index in [4.69, 9.17) is 35.1 Å². The van der Waals surface area contributed by atoms with Gasteiger partial charge < -0.3 is 36.0 Å². The lowest BCUT2D eigenvalue weighted by Gasteiger charge is -2.23. The second kappa shape index (κ2) is 42.4. The van der Waals surface area contributed by atoms with Crippen molar-refractivity contribution in [2.45, 2.75) is 140 Å². The number of carboxylic acid groups (broad SMARTS) is 1. The molecule has 13 nitrogen and oxygen atoms in total. The van der Waals surface area contributed by atoms with Crippen LogP contribution in [-0.2, 0) is 37.5 Å². The first-order valence-corrected chi connectivity index (χ1v) is 24.8. The van der Waals surface area contributed by atoms with E-state index in [1.165, 1.54) is 31.0 Å². The molecule has 15 heteroatoms. The van der Waals surface area contributed by atoms with Gasteiger partial charge in [-0.1, -0.05) is 136 Å². The Labute approximate surface area is 381 Å². The number of rotatable bonds is 40. The van der Waals surface area contributed by atoms with Crippen LogP contribution >= 0.6 is 19.6 Å². The van der Waals surface area contributed by atoms with Crippen LogP contribution in [0, 0.1) is 0 Å². The summed E-state index contributed by atoms with van der Waals surface area (Å²) in [5.41, 5.74) is 11.5. The molecule has 5 atom stereocenters. The fourth-order valence-electron chi connectivity index (χ4n) is 5.21. The highest BCUT2D eigenvalue weighted by molar-refractivity contribution is 8.00. The van der Waals surface area contributed by atoms with Crippen molar-refractivity contribution in [2.75, 3.05) is 32.1 Å². The van der Waals surface area contributed by atoms with E-state index in [1.54, 1.807) is 18.2 Å². The predicted octanol–water partition coefficient (Wildman–Crippen LogP) is 9.70. The normalized spacial score (nSPS) is 15.7. The topological polar surface area (TPSA) is 218 Å². The Morgan fingerprint density at radius 3 is 1.90 bits per heavy atom. The van der Waals surface area contributed by atoms with E-state index in [1.807, 2.05) is 30.4 Å². The number of ether oxygens (including phenoxy) is 2. The van der Waals surface area contributed by atoms with Crippen molar-refractivity contribution in [2.24, 2.45) is 11.5 Å². The maximum absolute atomic E-state index is 13.1. The Morgan fingerprint density at radius 1 is 0.714 bits per heavy atom. The van der Waals surface area contributed by atoms with Gasteiger partial charge in [-0.2, -0.15) is 0 Å². The Morgan fingerprint density at radius 2 is 1.30 bits per heavy atom. The molecule has 0 bridgehead atoms. The molecule has 0 fully saturated rings. The summed E-state index contributed by atoms with van der Waals surface area (Å²) < 4.78 is 32.8. The lowest BCUT2D eigenvalue weighted by atomic mass is 10.1. The van der Waals surface area contributed by atoms with Gasteiger partial charge in [0.1, 0.15) is 12.6 Å². The van der Waals surface area contributed by atoms with Gasteiger partial charge in [-0.15, -0.1) is 11.8 Å². The molecule has 0 aliphatic heterocycles. The van der Waals surface area contributed by atoms with Crippen LogP contribution in [0.3, 0.4) is 0 Å². The molecular weight excluding hydrogens is 844 g/mol. The number of carboxylic acids is 1. The van der Waals surface area contributed by atoms with Gasteiger partial charge in [0.2, 0.25) is 0 Å². The number of phosphoric ester groups is 1. The summed E-state index contributed by atoms with van der Waals surface area (Å²) in [6, 6.07) is -1.21. The molecule has 7 N–H and O–H groups in total. The smallest absolute Gasteiger partial charge is 0.472 e. The third-order valence-corrected chi connectivity index (χ3v) is 11.0. The highest BCUT2D eigenvalue weighted by Gasteiger charge is 2.28. The number of aliphatic hydroxyl groups excluding tert-OH is 1. The molecule has 0 aromatic rings. The summed E-state index contributed by atoms with van der Waals surface area (Å²) in [5.74, 6) is -2.42. The number of allylic oxidation sites excluding steroid dienone is 17. The molecule has 0 aliphatic rings. The molecule has 0 radical (unpaired) electrons. The van der Waals surface area contributed by atoms with Crippen molar-refractivity contribution in [1.82, 2.24) is 0 Å². The molecule has 0 spiro atoms. The lowest BCUT2D eigenvalue weighted by Crippen LogP contribution is -2.40. The number of hydrogen-bond donors (Lipinski definition) is 5. The number of phosphoric acid groups is 1. The minimum absolute atomic E-state index is 0.000687. The molecule has 0 aliphatic carbocycles. The van der Waals surface area contributed by atoms with E-state index in [2.05, 4.69) is 74.6 Å². The van der Waals surface area contributed by atoms with Crippen LogP contribution in [0.5, 0.6) is 0 Å². The van der Waals surface area contributed by atoms with Gasteiger partial charge in [-0.25, -0.2) is 4.57 Å². The number of aliphatic hydroxyl groups is 1. The Kier molecular flexibility index (Phi) is 40.0. The number of carbonyl (C=O) groups is 3. The molecule has 0 saturated carbocycles. The molecule has 1 unspecified atom stereocenters. The van der Waals surface area contributed by atoms with E-state index in [9.17, 15) is 28.9 Å². The molecule has 0 saturated heterocycles. The van der Waals surface area contributed by atoms with Crippen molar-refractivity contribution in [3.05, 3.63) is 109 Å². The highest BCUT2D eigenvalue weighted by atomic mass is 32.2. The van der Waals surface area contributed by atoms with Crippen LogP contribution in [0.4, 0.5) is 0 Å². The fourth-order valence-corrected chi connectivity index (χ4v) is 7.10. The number of aliphatic carboxylic acids is 1. The van der Waals surface area contributed by atoms with Crippen LogP contribution in [0.1, 0.15) is 117 Å². The number of esters is 2. The quantitative estimate of drug-likeness (QED) is 0.0127. The number of carbonyl (C=O) groups excluding carboxylic acids is 2.